The predicted molar refractivity (Wildman–Crippen MR) is 128 cm³/mol. The summed E-state index contributed by atoms with van der Waals surface area (Å²) in [6.45, 7) is 4.22. The van der Waals surface area contributed by atoms with E-state index in [9.17, 15) is 37.5 Å². The van der Waals surface area contributed by atoms with Gasteiger partial charge in [0.2, 0.25) is 22.8 Å². The van der Waals surface area contributed by atoms with E-state index in [1.807, 2.05) is 13.8 Å². The Balaban J connectivity index is 1.38. The minimum absolute atomic E-state index is 0.0538. The first-order chi connectivity index (χ1) is 17.7. The summed E-state index contributed by atoms with van der Waals surface area (Å²) >= 11 is 3.88. The Morgan fingerprint density at radius 1 is 1.34 bits per heavy atom. The van der Waals surface area contributed by atoms with E-state index in [1.54, 1.807) is 0 Å². The molecule has 1 saturated carbocycles. The second kappa shape index (κ2) is 10.5. The minimum atomic E-state index is -4.92. The number of fused-ring (bicyclic) bond motifs is 1. The van der Waals surface area contributed by atoms with Gasteiger partial charge in [-0.3, -0.25) is 19.2 Å². The van der Waals surface area contributed by atoms with Crippen LogP contribution >= 0.6 is 12.6 Å². The SMILES string of the molecule is CC1(C)[C@@H]2[C@@H](C(=O)N[C@@H](C[C@@H]3CCNC3=O)C(=O)S)N(C(=O)COC3C=CC(OC(F)(F)F)=C[C@@H]3O)C[C@@H]21. The molecule has 0 spiro atoms. The number of carbonyl (C=O) groups is 4. The number of nitrogens with zero attached hydrogens (tertiary/aromatic N) is 1. The maximum atomic E-state index is 13.4. The summed E-state index contributed by atoms with van der Waals surface area (Å²) in [7, 11) is 0. The Morgan fingerprint density at radius 3 is 2.63 bits per heavy atom. The zero-order valence-electron chi connectivity index (χ0n) is 20.7. The van der Waals surface area contributed by atoms with E-state index in [0.717, 1.165) is 18.2 Å². The van der Waals surface area contributed by atoms with Crippen LogP contribution < -0.4 is 10.6 Å². The van der Waals surface area contributed by atoms with Gasteiger partial charge in [0.15, 0.2) is 0 Å². The Kier molecular flexibility index (Phi) is 7.88. The molecule has 2 aliphatic carbocycles. The van der Waals surface area contributed by atoms with E-state index in [1.165, 1.54) is 4.90 Å². The number of rotatable bonds is 9. The summed E-state index contributed by atoms with van der Waals surface area (Å²) in [6, 6.07) is -1.88. The molecule has 210 valence electrons. The van der Waals surface area contributed by atoms with Gasteiger partial charge in [0, 0.05) is 19.0 Å². The van der Waals surface area contributed by atoms with Gasteiger partial charge >= 0.3 is 6.36 Å². The molecule has 3 amide bonds. The number of hydrogen-bond acceptors (Lipinski definition) is 7. The van der Waals surface area contributed by atoms with Crippen molar-refractivity contribution in [2.24, 2.45) is 23.2 Å². The predicted octanol–water partition coefficient (Wildman–Crippen LogP) is 0.673. The summed E-state index contributed by atoms with van der Waals surface area (Å²) in [5.41, 5.74) is -0.201. The molecule has 2 heterocycles. The highest BCUT2D eigenvalue weighted by atomic mass is 32.1. The fourth-order valence-corrected chi connectivity index (χ4v) is 5.87. The first-order valence-corrected chi connectivity index (χ1v) is 12.7. The fraction of sp³-hybridized carbons (Fsp3) is 0.667. The molecule has 0 aromatic rings. The van der Waals surface area contributed by atoms with Crippen molar-refractivity contribution in [3.8, 4) is 0 Å². The Morgan fingerprint density at radius 2 is 2.05 bits per heavy atom. The third-order valence-electron chi connectivity index (χ3n) is 7.85. The number of allylic oxidation sites excluding steroid dienone is 1. The summed E-state index contributed by atoms with van der Waals surface area (Å²) < 4.78 is 46.4. The van der Waals surface area contributed by atoms with Crippen LogP contribution in [0.15, 0.2) is 24.0 Å². The number of alkyl halides is 3. The van der Waals surface area contributed by atoms with Crippen LogP contribution in [0.5, 0.6) is 0 Å². The number of hydrogen-bond donors (Lipinski definition) is 4. The van der Waals surface area contributed by atoms with Crippen LogP contribution in [0.1, 0.15) is 26.7 Å². The van der Waals surface area contributed by atoms with Gasteiger partial charge < -0.3 is 30.1 Å². The molecule has 3 fully saturated rings. The number of carbonyl (C=O) groups excluding carboxylic acids is 4. The molecular weight excluding hydrogens is 531 g/mol. The molecule has 4 rings (SSSR count). The second-order valence-electron chi connectivity index (χ2n) is 10.6. The van der Waals surface area contributed by atoms with Crippen LogP contribution in [-0.2, 0) is 28.7 Å². The number of nitrogens with one attached hydrogen (secondary N) is 2. The topological polar surface area (TPSA) is 134 Å². The van der Waals surface area contributed by atoms with Crippen LogP contribution in [0.3, 0.4) is 0 Å². The summed E-state index contributed by atoms with van der Waals surface area (Å²) in [5, 5.41) is 14.9. The van der Waals surface area contributed by atoms with Crippen molar-refractivity contribution in [2.75, 3.05) is 19.7 Å². The summed E-state index contributed by atoms with van der Waals surface area (Å²) in [6.07, 6.45) is -3.90. The third kappa shape index (κ3) is 6.01. The van der Waals surface area contributed by atoms with E-state index < -0.39 is 65.9 Å². The molecule has 3 N–H and O–H groups in total. The molecule has 0 aromatic carbocycles. The number of thiol groups is 1. The van der Waals surface area contributed by atoms with Gasteiger partial charge in [-0.1, -0.05) is 13.8 Å². The maximum absolute atomic E-state index is 13.4. The molecule has 0 bridgehead atoms. The van der Waals surface area contributed by atoms with Gasteiger partial charge in [-0.25, -0.2) is 0 Å². The summed E-state index contributed by atoms with van der Waals surface area (Å²) in [4.78, 5) is 51.9. The Hall–Kier alpha value is -2.58. The van der Waals surface area contributed by atoms with Crippen molar-refractivity contribution in [1.29, 1.82) is 0 Å². The van der Waals surface area contributed by atoms with Crippen molar-refractivity contribution >= 4 is 35.5 Å². The van der Waals surface area contributed by atoms with E-state index in [0.29, 0.717) is 13.0 Å². The highest BCUT2D eigenvalue weighted by molar-refractivity contribution is 7.96. The molecule has 2 aliphatic heterocycles. The monoisotopic (exact) mass is 561 g/mol. The highest BCUT2D eigenvalue weighted by Gasteiger charge is 2.69. The molecule has 14 heteroatoms. The molecule has 7 atom stereocenters. The first-order valence-electron chi connectivity index (χ1n) is 12.2. The van der Waals surface area contributed by atoms with Gasteiger partial charge in [0.05, 0.1) is 6.04 Å². The Labute approximate surface area is 222 Å². The number of ether oxygens (including phenoxy) is 2. The van der Waals surface area contributed by atoms with Crippen LogP contribution in [0.2, 0.25) is 0 Å². The average molecular weight is 562 g/mol. The van der Waals surface area contributed by atoms with Crippen LogP contribution in [0.25, 0.3) is 0 Å². The lowest BCUT2D eigenvalue weighted by Gasteiger charge is -2.32. The normalized spacial score (nSPS) is 32.2. The van der Waals surface area contributed by atoms with E-state index in [4.69, 9.17) is 4.74 Å². The van der Waals surface area contributed by atoms with Crippen molar-refractivity contribution in [3.05, 3.63) is 24.0 Å². The maximum Gasteiger partial charge on any atom is 0.573 e. The molecular formula is C24H30F3N3O7S. The number of piperidine rings is 1. The molecule has 0 aromatic heterocycles. The van der Waals surface area contributed by atoms with Crippen LogP contribution in [-0.4, -0.2) is 83.2 Å². The lowest BCUT2D eigenvalue weighted by molar-refractivity contribution is -0.303. The molecule has 1 unspecified atom stereocenters. The average Bonchev–Trinajstić information content (AvgIpc) is 3.16. The lowest BCUT2D eigenvalue weighted by Crippen LogP contribution is -2.54. The van der Waals surface area contributed by atoms with Gasteiger partial charge in [-0.2, -0.15) is 0 Å². The van der Waals surface area contributed by atoms with Crippen molar-refractivity contribution in [3.63, 3.8) is 0 Å². The molecule has 10 nitrogen and oxygen atoms in total. The van der Waals surface area contributed by atoms with Crippen molar-refractivity contribution in [1.82, 2.24) is 15.5 Å². The van der Waals surface area contributed by atoms with E-state index >= 15 is 0 Å². The highest BCUT2D eigenvalue weighted by Crippen LogP contribution is 2.64. The number of likely N-dealkylation sites (tertiary alicyclic amines) is 1. The molecule has 2 saturated heterocycles. The van der Waals surface area contributed by atoms with Gasteiger partial charge in [-0.05, 0) is 48.3 Å². The lowest BCUT2D eigenvalue weighted by atomic mass is 9.97. The number of amides is 3. The van der Waals surface area contributed by atoms with Gasteiger partial charge in [-0.15, -0.1) is 25.8 Å². The number of halogens is 3. The molecule has 38 heavy (non-hydrogen) atoms. The van der Waals surface area contributed by atoms with Crippen LogP contribution in [0.4, 0.5) is 13.2 Å². The van der Waals surface area contributed by atoms with Gasteiger partial charge in [0.1, 0.15) is 30.6 Å². The number of aliphatic hydroxyl groups is 1. The first kappa shape index (κ1) is 28.4. The number of aliphatic hydroxyl groups excluding tert-OH is 1. The minimum Gasteiger partial charge on any atom is -0.406 e. The standard InChI is InChI=1S/C24H30F3N3O7S/c1-23(2)13-9-30(17(32)10-36-16-4-3-12(8-15(16)31)37-24(25,26)27)19(18(13)23)21(34)29-14(22(35)38)7-11-5-6-28-20(11)33/h3-4,8,11,13-16,18-19,31H,5-7,9-10H2,1-2H3,(H,28,33)(H,29,34)(H,35,38)/t11-,13-,14-,15-,16?,18-,19-/m0/s1. The van der Waals surface area contributed by atoms with Crippen molar-refractivity contribution in [2.45, 2.75) is 57.3 Å². The van der Waals surface area contributed by atoms with Crippen LogP contribution in [0, 0.1) is 23.2 Å². The van der Waals surface area contributed by atoms with Crippen molar-refractivity contribution < 1.29 is 46.9 Å². The Bertz CT molecular complexity index is 1060. The molecule has 0 radical (unpaired) electrons. The molecule has 4 aliphatic rings. The second-order valence-corrected chi connectivity index (χ2v) is 11.0. The quantitative estimate of drug-likeness (QED) is 0.304. The summed E-state index contributed by atoms with van der Waals surface area (Å²) in [5.74, 6) is -2.39. The largest absolute Gasteiger partial charge is 0.573 e. The fourth-order valence-electron chi connectivity index (χ4n) is 5.70. The van der Waals surface area contributed by atoms with E-state index in [-0.39, 0.29) is 36.1 Å². The van der Waals surface area contributed by atoms with E-state index in [2.05, 4.69) is 28.0 Å². The van der Waals surface area contributed by atoms with Gasteiger partial charge in [0.25, 0.3) is 0 Å². The zero-order chi connectivity index (χ0) is 28.0. The smallest absolute Gasteiger partial charge is 0.406 e. The third-order valence-corrected chi connectivity index (χ3v) is 8.16. The zero-order valence-corrected chi connectivity index (χ0v) is 21.6.